The van der Waals surface area contributed by atoms with Gasteiger partial charge in [0.15, 0.2) is 0 Å². The molecule has 3 aliphatic rings. The third-order valence-electron chi connectivity index (χ3n) is 2.96. The maximum Gasteiger partial charge on any atom is 0.00109 e. The van der Waals surface area contributed by atoms with Crippen molar-refractivity contribution in [2.24, 2.45) is 17.8 Å². The molecule has 3 unspecified atom stereocenters. The molecular weight excluding hydrogens is 96.1 g/mol. The average Bonchev–Trinajstić information content (AvgIpc) is 2.59. The molecule has 0 radical (unpaired) electrons. The van der Waals surface area contributed by atoms with Gasteiger partial charge in [-0.25, -0.2) is 0 Å². The number of rotatable bonds is 0. The Morgan fingerprint density at radius 3 is 3.38 bits per heavy atom. The van der Waals surface area contributed by atoms with Gasteiger partial charge >= 0.3 is 0 Å². The highest BCUT2D eigenvalue weighted by Crippen LogP contribution is 2.61. The van der Waals surface area contributed by atoms with Crippen molar-refractivity contribution in [2.45, 2.75) is 19.3 Å². The lowest BCUT2D eigenvalue weighted by molar-refractivity contribution is 0.553. The fraction of sp³-hybridized carbons (Fsp3) is 0.750. The molecule has 0 amide bonds. The first-order chi connectivity index (χ1) is 3.95. The van der Waals surface area contributed by atoms with Crippen molar-refractivity contribution >= 4 is 0 Å². The Morgan fingerprint density at radius 2 is 2.50 bits per heavy atom. The van der Waals surface area contributed by atoms with Gasteiger partial charge < -0.3 is 0 Å². The summed E-state index contributed by atoms with van der Waals surface area (Å²) in [6.45, 7) is 0. The van der Waals surface area contributed by atoms with E-state index in [1.807, 2.05) is 0 Å². The fourth-order valence-corrected chi connectivity index (χ4v) is 2.23. The summed E-state index contributed by atoms with van der Waals surface area (Å²) in [5.74, 6) is 3.36. The molecule has 2 fully saturated rings. The minimum Gasteiger partial charge on any atom is -0.0772 e. The first-order valence-corrected chi connectivity index (χ1v) is 3.66. The van der Waals surface area contributed by atoms with E-state index in [1.54, 1.807) is 12.0 Å². The van der Waals surface area contributed by atoms with Crippen LogP contribution in [0.15, 0.2) is 11.6 Å². The molecule has 0 heterocycles. The quantitative estimate of drug-likeness (QED) is 0.414. The lowest BCUT2D eigenvalue weighted by Crippen LogP contribution is -1.95. The highest BCUT2D eigenvalue weighted by Gasteiger charge is 2.51. The molecule has 0 bridgehead atoms. The number of hydrogen-bond donors (Lipinski definition) is 0. The van der Waals surface area contributed by atoms with Crippen LogP contribution in [0.2, 0.25) is 0 Å². The van der Waals surface area contributed by atoms with Crippen LogP contribution >= 0.6 is 0 Å². The summed E-state index contributed by atoms with van der Waals surface area (Å²) in [4.78, 5) is 0. The molecule has 0 aliphatic heterocycles. The van der Waals surface area contributed by atoms with Crippen LogP contribution in [-0.2, 0) is 0 Å². The Bertz CT molecular complexity index is 167. The number of allylic oxidation sites excluding steroid dienone is 2. The maximum absolute atomic E-state index is 2.48. The van der Waals surface area contributed by atoms with Crippen LogP contribution in [0.3, 0.4) is 0 Å². The topological polar surface area (TPSA) is 0 Å². The van der Waals surface area contributed by atoms with Gasteiger partial charge in [-0.1, -0.05) is 11.6 Å². The highest BCUT2D eigenvalue weighted by molar-refractivity contribution is 5.35. The van der Waals surface area contributed by atoms with E-state index in [4.69, 9.17) is 0 Å². The molecule has 42 valence electrons. The summed E-state index contributed by atoms with van der Waals surface area (Å²) < 4.78 is 0. The molecule has 3 rings (SSSR count). The van der Waals surface area contributed by atoms with Gasteiger partial charge in [0, 0.05) is 5.92 Å². The molecule has 0 saturated heterocycles. The second kappa shape index (κ2) is 0.896. The lowest BCUT2D eigenvalue weighted by atomic mass is 10.0. The van der Waals surface area contributed by atoms with E-state index in [9.17, 15) is 0 Å². The normalized spacial score (nSPS) is 56.0. The minimum absolute atomic E-state index is 1.04. The van der Waals surface area contributed by atoms with Crippen LogP contribution in [0, 0.1) is 17.8 Å². The fourth-order valence-electron chi connectivity index (χ4n) is 2.23. The lowest BCUT2D eigenvalue weighted by Gasteiger charge is -2.04. The zero-order valence-corrected chi connectivity index (χ0v) is 4.93. The van der Waals surface area contributed by atoms with Gasteiger partial charge in [0.1, 0.15) is 0 Å². The average molecular weight is 106 g/mol. The van der Waals surface area contributed by atoms with Crippen LogP contribution in [0.25, 0.3) is 0 Å². The van der Waals surface area contributed by atoms with Gasteiger partial charge in [0.25, 0.3) is 0 Å². The maximum atomic E-state index is 2.48. The van der Waals surface area contributed by atoms with Crippen molar-refractivity contribution < 1.29 is 0 Å². The molecule has 3 aliphatic carbocycles. The van der Waals surface area contributed by atoms with E-state index < -0.39 is 0 Å². The molecule has 0 aromatic carbocycles. The standard InChI is InChI=1S/C8H10/c1-2-6-4-8(6)7-3-5(1)7/h3,6-8H,1-2,4H2. The van der Waals surface area contributed by atoms with E-state index in [2.05, 4.69) is 6.08 Å². The number of fused-ring (bicyclic) bond motifs is 3. The van der Waals surface area contributed by atoms with Crippen LogP contribution in [-0.4, -0.2) is 0 Å². The molecule has 0 N–H and O–H groups in total. The van der Waals surface area contributed by atoms with Gasteiger partial charge in [0.05, 0.1) is 0 Å². The third kappa shape index (κ3) is 0.300. The second-order valence-corrected chi connectivity index (χ2v) is 3.47. The molecule has 0 heteroatoms. The summed E-state index contributed by atoms with van der Waals surface area (Å²) in [5.41, 5.74) is 1.80. The van der Waals surface area contributed by atoms with Gasteiger partial charge in [-0.05, 0) is 31.1 Å². The smallest absolute Gasteiger partial charge is 0.00109 e. The Hall–Kier alpha value is -0.260. The zero-order valence-electron chi connectivity index (χ0n) is 4.93. The van der Waals surface area contributed by atoms with Crippen molar-refractivity contribution in [3.63, 3.8) is 0 Å². The molecule has 0 aromatic rings. The van der Waals surface area contributed by atoms with Crippen molar-refractivity contribution in [2.75, 3.05) is 0 Å². The van der Waals surface area contributed by atoms with Crippen LogP contribution in [0.1, 0.15) is 19.3 Å². The SMILES string of the molecule is C1=C2CCC3CC3C12. The van der Waals surface area contributed by atoms with Gasteiger partial charge in [-0.3, -0.25) is 0 Å². The molecule has 3 atom stereocenters. The van der Waals surface area contributed by atoms with Crippen molar-refractivity contribution in [3.05, 3.63) is 11.6 Å². The summed E-state index contributed by atoms with van der Waals surface area (Å²) in [6, 6.07) is 0. The van der Waals surface area contributed by atoms with Crippen molar-refractivity contribution in [3.8, 4) is 0 Å². The van der Waals surface area contributed by atoms with Gasteiger partial charge in [-0.2, -0.15) is 0 Å². The predicted octanol–water partition coefficient (Wildman–Crippen LogP) is 1.97. The van der Waals surface area contributed by atoms with Crippen LogP contribution in [0.5, 0.6) is 0 Å². The Balaban J connectivity index is 1.93. The Labute approximate surface area is 49.6 Å². The van der Waals surface area contributed by atoms with Gasteiger partial charge in [-0.15, -0.1) is 0 Å². The number of hydrogen-bond acceptors (Lipinski definition) is 0. The monoisotopic (exact) mass is 106 g/mol. The summed E-state index contributed by atoms with van der Waals surface area (Å²) in [6.07, 6.45) is 7.02. The van der Waals surface area contributed by atoms with Crippen molar-refractivity contribution in [1.29, 1.82) is 0 Å². The van der Waals surface area contributed by atoms with E-state index in [-0.39, 0.29) is 0 Å². The zero-order chi connectivity index (χ0) is 5.14. The van der Waals surface area contributed by atoms with E-state index in [0.717, 1.165) is 11.8 Å². The van der Waals surface area contributed by atoms with E-state index >= 15 is 0 Å². The Morgan fingerprint density at radius 1 is 1.50 bits per heavy atom. The summed E-state index contributed by atoms with van der Waals surface area (Å²) >= 11 is 0. The van der Waals surface area contributed by atoms with E-state index in [1.165, 1.54) is 18.8 Å². The van der Waals surface area contributed by atoms with Crippen LogP contribution in [0.4, 0.5) is 0 Å². The third-order valence-corrected chi connectivity index (χ3v) is 2.96. The van der Waals surface area contributed by atoms with Gasteiger partial charge in [0.2, 0.25) is 0 Å². The molecule has 0 aromatic heterocycles. The first kappa shape index (κ1) is 3.71. The Kier molecular flexibility index (Phi) is 0.415. The highest BCUT2D eigenvalue weighted by atomic mass is 14.6. The summed E-state index contributed by atoms with van der Waals surface area (Å²) in [5, 5.41) is 0. The predicted molar refractivity (Wildman–Crippen MR) is 32.4 cm³/mol. The molecule has 0 nitrogen and oxygen atoms in total. The second-order valence-electron chi connectivity index (χ2n) is 3.47. The minimum atomic E-state index is 1.04. The molecular formula is C8H10. The van der Waals surface area contributed by atoms with Crippen LogP contribution < -0.4 is 0 Å². The van der Waals surface area contributed by atoms with E-state index in [0.29, 0.717) is 0 Å². The first-order valence-electron chi connectivity index (χ1n) is 3.66. The largest absolute Gasteiger partial charge is 0.0772 e. The molecule has 0 spiro atoms. The molecule has 8 heavy (non-hydrogen) atoms. The molecule has 2 saturated carbocycles. The summed E-state index contributed by atoms with van der Waals surface area (Å²) in [7, 11) is 0. The van der Waals surface area contributed by atoms with Crippen molar-refractivity contribution in [1.82, 2.24) is 0 Å².